The van der Waals surface area contributed by atoms with Crippen molar-refractivity contribution in [3.05, 3.63) is 34.3 Å². The summed E-state index contributed by atoms with van der Waals surface area (Å²) in [6, 6.07) is 4.71. The van der Waals surface area contributed by atoms with Crippen LogP contribution in [0.15, 0.2) is 18.2 Å². The minimum Gasteiger partial charge on any atom is -0.376 e. The van der Waals surface area contributed by atoms with Gasteiger partial charge in [-0.3, -0.25) is 4.79 Å². The fourth-order valence-corrected chi connectivity index (χ4v) is 4.27. The Kier molecular flexibility index (Phi) is 6.45. The van der Waals surface area contributed by atoms with Crippen LogP contribution in [0.2, 0.25) is 5.02 Å². The number of benzene rings is 1. The molecule has 2 rings (SSSR count). The van der Waals surface area contributed by atoms with E-state index in [2.05, 4.69) is 0 Å². The number of quaternary nitrogens is 1. The van der Waals surface area contributed by atoms with Gasteiger partial charge in [-0.1, -0.05) is 31.5 Å². The lowest BCUT2D eigenvalue weighted by atomic mass is 9.92. The summed E-state index contributed by atoms with van der Waals surface area (Å²) in [6.45, 7) is 4.57. The maximum Gasteiger partial charge on any atom is 0.346 e. The van der Waals surface area contributed by atoms with Gasteiger partial charge in [-0.05, 0) is 30.5 Å². The first-order valence-corrected chi connectivity index (χ1v) is 9.52. The first-order chi connectivity index (χ1) is 12.2. The molecule has 1 unspecified atom stereocenters. The second-order valence-corrected chi connectivity index (χ2v) is 7.57. The monoisotopic (exact) mass is 382 g/mol. The van der Waals surface area contributed by atoms with Gasteiger partial charge in [0.15, 0.2) is 11.6 Å². The summed E-state index contributed by atoms with van der Waals surface area (Å²) in [7, 11) is 0. The van der Waals surface area contributed by atoms with E-state index < -0.39 is 17.6 Å². The number of primary amides is 1. The van der Waals surface area contributed by atoms with Gasteiger partial charge in [0.25, 0.3) is 5.91 Å². The molecule has 1 heterocycles. The Morgan fingerprint density at radius 1 is 1.31 bits per heavy atom. The lowest BCUT2D eigenvalue weighted by Crippen LogP contribution is -2.65. The highest BCUT2D eigenvalue weighted by molar-refractivity contribution is 6.30. The molecule has 1 aromatic carbocycles. The number of carbonyl (C=O) groups is 2. The highest BCUT2D eigenvalue weighted by Gasteiger charge is 2.57. The quantitative estimate of drug-likeness (QED) is 0.625. The molecule has 0 aromatic heterocycles. The van der Waals surface area contributed by atoms with Crippen LogP contribution in [-0.4, -0.2) is 39.6 Å². The molecule has 5 N–H and O–H groups in total. The molecule has 0 aliphatic carbocycles. The average molecular weight is 383 g/mol. The number of carbonyl (C=O) groups excluding carboxylic acids is 2. The Labute approximate surface area is 159 Å². The second kappa shape index (κ2) is 8.05. The maximum atomic E-state index is 13.5. The van der Waals surface area contributed by atoms with Crippen molar-refractivity contribution in [2.24, 2.45) is 11.5 Å². The molecule has 1 fully saturated rings. The van der Waals surface area contributed by atoms with Crippen molar-refractivity contribution >= 4 is 23.4 Å². The van der Waals surface area contributed by atoms with Gasteiger partial charge >= 0.3 is 5.91 Å². The van der Waals surface area contributed by atoms with Gasteiger partial charge in [0.2, 0.25) is 0 Å². The third kappa shape index (κ3) is 3.64. The Bertz CT molecular complexity index is 691. The summed E-state index contributed by atoms with van der Waals surface area (Å²) in [5.41, 5.74) is 11.7. The van der Waals surface area contributed by atoms with Crippen molar-refractivity contribution in [2.45, 2.75) is 64.3 Å². The van der Waals surface area contributed by atoms with Crippen LogP contribution < -0.4 is 11.5 Å². The van der Waals surface area contributed by atoms with Crippen LogP contribution in [0.3, 0.4) is 0 Å². The van der Waals surface area contributed by atoms with Crippen LogP contribution in [0.25, 0.3) is 0 Å². The van der Waals surface area contributed by atoms with Gasteiger partial charge in [-0.15, -0.1) is 0 Å². The van der Waals surface area contributed by atoms with Gasteiger partial charge in [0, 0.05) is 30.0 Å². The van der Waals surface area contributed by atoms with E-state index in [0.29, 0.717) is 31.0 Å². The summed E-state index contributed by atoms with van der Waals surface area (Å²) < 4.78 is -0.166. The lowest BCUT2D eigenvalue weighted by molar-refractivity contribution is -0.873. The summed E-state index contributed by atoms with van der Waals surface area (Å²) in [6.07, 6.45) is 1.80. The van der Waals surface area contributed by atoms with Crippen molar-refractivity contribution in [2.75, 3.05) is 6.54 Å². The molecule has 7 heteroatoms. The smallest absolute Gasteiger partial charge is 0.346 e. The molecule has 0 spiro atoms. The maximum absolute atomic E-state index is 13.5. The van der Waals surface area contributed by atoms with Crippen LogP contribution in [0.5, 0.6) is 0 Å². The number of amides is 2. The third-order valence-electron chi connectivity index (χ3n) is 5.77. The lowest BCUT2D eigenvalue weighted by Gasteiger charge is -2.41. The average Bonchev–Trinajstić information content (AvgIpc) is 3.05. The number of halogens is 1. The van der Waals surface area contributed by atoms with E-state index in [4.69, 9.17) is 23.1 Å². The molecular weight excluding hydrogens is 354 g/mol. The zero-order chi connectivity index (χ0) is 19.5. The Balaban J connectivity index is 2.58. The molecule has 0 radical (unpaired) electrons. The molecule has 0 bridgehead atoms. The van der Waals surface area contributed by atoms with E-state index >= 15 is 0 Å². The fraction of sp³-hybridized carbons (Fsp3) is 0.579. The van der Waals surface area contributed by atoms with E-state index in [9.17, 15) is 14.7 Å². The number of nitrogens with zero attached hydrogens (tertiary/aromatic N) is 1. The van der Waals surface area contributed by atoms with Crippen molar-refractivity contribution in [1.82, 2.24) is 0 Å². The predicted molar refractivity (Wildman–Crippen MR) is 101 cm³/mol. The van der Waals surface area contributed by atoms with Gasteiger partial charge in [0.05, 0.1) is 6.54 Å². The number of hydrogen-bond donors (Lipinski definition) is 3. The van der Waals surface area contributed by atoms with Gasteiger partial charge in [0.1, 0.15) is 6.54 Å². The van der Waals surface area contributed by atoms with Crippen LogP contribution in [0, 0.1) is 0 Å². The predicted octanol–water partition coefficient (Wildman–Crippen LogP) is 1.84. The first-order valence-electron chi connectivity index (χ1n) is 9.15. The van der Waals surface area contributed by atoms with E-state index in [1.165, 1.54) is 0 Å². The zero-order valence-corrected chi connectivity index (χ0v) is 16.3. The fourth-order valence-electron chi connectivity index (χ4n) is 4.07. The first kappa shape index (κ1) is 20.8. The molecule has 2 atom stereocenters. The van der Waals surface area contributed by atoms with Crippen LogP contribution >= 0.6 is 11.6 Å². The second-order valence-electron chi connectivity index (χ2n) is 7.14. The minimum atomic E-state index is -1.49. The van der Waals surface area contributed by atoms with E-state index in [0.717, 1.165) is 11.1 Å². The Hall–Kier alpha value is -1.47. The Morgan fingerprint density at radius 2 is 1.96 bits per heavy atom. The SMILES string of the molecule is CCC(O)(CC)C(=O)[N+]1(Cc2cc(Cl)ccc2CN)CCC[C@H]1C(N)=O. The number of hydrogen-bond acceptors (Lipinski definition) is 4. The van der Waals surface area contributed by atoms with Crippen molar-refractivity contribution < 1.29 is 19.2 Å². The number of nitrogens with two attached hydrogens (primary N) is 2. The summed E-state index contributed by atoms with van der Waals surface area (Å²) in [4.78, 5) is 25.7. The third-order valence-corrected chi connectivity index (χ3v) is 6.01. The number of aliphatic hydroxyl groups is 1. The molecule has 2 amide bonds. The highest BCUT2D eigenvalue weighted by Crippen LogP contribution is 2.36. The molecule has 144 valence electrons. The summed E-state index contributed by atoms with van der Waals surface area (Å²) in [5, 5.41) is 11.5. The largest absolute Gasteiger partial charge is 0.376 e. The van der Waals surface area contributed by atoms with Crippen molar-refractivity contribution in [1.29, 1.82) is 0 Å². The van der Waals surface area contributed by atoms with Gasteiger partial charge in [-0.2, -0.15) is 0 Å². The minimum absolute atomic E-state index is 0.166. The van der Waals surface area contributed by atoms with E-state index in [1.54, 1.807) is 26.0 Å². The molecule has 6 nitrogen and oxygen atoms in total. The van der Waals surface area contributed by atoms with Gasteiger partial charge in [-0.25, -0.2) is 9.28 Å². The van der Waals surface area contributed by atoms with E-state index in [-0.39, 0.29) is 29.8 Å². The normalized spacial score (nSPS) is 23.2. The van der Waals surface area contributed by atoms with Crippen molar-refractivity contribution in [3.63, 3.8) is 0 Å². The number of likely N-dealkylation sites (tertiary alicyclic amines) is 1. The molecular formula is C19H29ClN3O3+. The van der Waals surface area contributed by atoms with E-state index in [1.807, 2.05) is 6.07 Å². The zero-order valence-electron chi connectivity index (χ0n) is 15.5. The van der Waals surface area contributed by atoms with Crippen molar-refractivity contribution in [3.8, 4) is 0 Å². The van der Waals surface area contributed by atoms with Crippen LogP contribution in [0.1, 0.15) is 50.7 Å². The Morgan fingerprint density at radius 3 is 2.50 bits per heavy atom. The number of rotatable bonds is 7. The molecule has 26 heavy (non-hydrogen) atoms. The topological polar surface area (TPSA) is 106 Å². The molecule has 1 aromatic rings. The van der Waals surface area contributed by atoms with Crippen LogP contribution in [0.4, 0.5) is 0 Å². The highest BCUT2D eigenvalue weighted by atomic mass is 35.5. The summed E-state index contributed by atoms with van der Waals surface area (Å²) in [5.74, 6) is -0.853. The van der Waals surface area contributed by atoms with Gasteiger partial charge < -0.3 is 16.6 Å². The molecule has 1 aliphatic heterocycles. The summed E-state index contributed by atoms with van der Waals surface area (Å²) >= 11 is 6.15. The van der Waals surface area contributed by atoms with Crippen LogP contribution in [-0.2, 0) is 22.7 Å². The molecule has 1 saturated heterocycles. The standard InChI is InChI=1S/C19H28ClN3O3/c1-3-19(26,4-2)18(25)23(9-5-6-16(23)17(22)24)12-14-10-15(20)8-7-13(14)11-21/h7-8,10,16,26H,3-6,9,11-12,21H2,1-2H3,(H-,22,24)/p+1/t16-,23?/m0/s1. The molecule has 0 saturated carbocycles. The molecule has 1 aliphatic rings.